The molecule has 3 nitrogen and oxygen atoms in total. The third-order valence-electron chi connectivity index (χ3n) is 2.61. The van der Waals surface area contributed by atoms with Crippen molar-refractivity contribution in [3.05, 3.63) is 30.1 Å². The Morgan fingerprint density at radius 3 is 2.80 bits per heavy atom. The molecule has 2 rings (SSSR count). The fraction of sp³-hybridized carbons (Fsp3) is 0.455. The molecule has 0 aromatic carbocycles. The van der Waals surface area contributed by atoms with Gasteiger partial charge in [0.2, 0.25) is 5.91 Å². The van der Waals surface area contributed by atoms with Gasteiger partial charge in [0.15, 0.2) is 0 Å². The van der Waals surface area contributed by atoms with Gasteiger partial charge in [-0.2, -0.15) is 12.6 Å². The molecule has 4 heteroatoms. The number of thiol groups is 1. The van der Waals surface area contributed by atoms with Crippen molar-refractivity contribution in [1.29, 1.82) is 0 Å². The van der Waals surface area contributed by atoms with Gasteiger partial charge in [0.25, 0.3) is 0 Å². The topological polar surface area (TPSA) is 33.2 Å². The summed E-state index contributed by atoms with van der Waals surface area (Å²) in [7, 11) is 0. The number of rotatable bonds is 3. The largest absolute Gasteiger partial charge is 0.341 e. The van der Waals surface area contributed by atoms with E-state index < -0.39 is 0 Å². The lowest BCUT2D eigenvalue weighted by atomic mass is 10.2. The highest BCUT2D eigenvalue weighted by atomic mass is 32.1. The van der Waals surface area contributed by atoms with Gasteiger partial charge in [-0.15, -0.1) is 0 Å². The zero-order chi connectivity index (χ0) is 10.7. The lowest BCUT2D eigenvalue weighted by Crippen LogP contribution is -2.27. The molecule has 1 aromatic rings. The van der Waals surface area contributed by atoms with Crippen LogP contribution in [0.15, 0.2) is 24.5 Å². The molecule has 15 heavy (non-hydrogen) atoms. The number of aromatic nitrogens is 1. The summed E-state index contributed by atoms with van der Waals surface area (Å²) in [6.45, 7) is 1.58. The van der Waals surface area contributed by atoms with Crippen LogP contribution in [0.2, 0.25) is 0 Å². The first-order valence-electron chi connectivity index (χ1n) is 5.10. The molecule has 0 radical (unpaired) electrons. The van der Waals surface area contributed by atoms with Crippen molar-refractivity contribution in [3.8, 4) is 0 Å². The molecule has 0 bridgehead atoms. The van der Waals surface area contributed by atoms with E-state index in [1.54, 1.807) is 12.4 Å². The van der Waals surface area contributed by atoms with Gasteiger partial charge in [0.1, 0.15) is 0 Å². The highest BCUT2D eigenvalue weighted by Gasteiger charge is 2.26. The molecule has 1 amide bonds. The Kier molecular flexibility index (Phi) is 3.26. The van der Waals surface area contributed by atoms with Gasteiger partial charge in [0, 0.05) is 37.2 Å². The molecule has 1 saturated heterocycles. The van der Waals surface area contributed by atoms with Crippen LogP contribution in [0.25, 0.3) is 0 Å². The molecule has 1 unspecified atom stereocenters. The predicted octanol–water partition coefficient (Wildman–Crippen LogP) is 1.15. The first-order chi connectivity index (χ1) is 7.25. The molecular formula is C11H14N2OS. The van der Waals surface area contributed by atoms with Crippen molar-refractivity contribution in [3.63, 3.8) is 0 Å². The monoisotopic (exact) mass is 222 g/mol. The van der Waals surface area contributed by atoms with Crippen LogP contribution >= 0.6 is 12.6 Å². The third-order valence-corrected chi connectivity index (χ3v) is 2.96. The number of pyridine rings is 1. The Labute approximate surface area is 94.9 Å². The van der Waals surface area contributed by atoms with Crippen LogP contribution in [0.5, 0.6) is 0 Å². The van der Waals surface area contributed by atoms with Crippen LogP contribution in [-0.2, 0) is 11.2 Å². The second-order valence-corrected chi connectivity index (χ2v) is 4.53. The molecule has 1 aliphatic heterocycles. The van der Waals surface area contributed by atoms with Gasteiger partial charge in [-0.3, -0.25) is 9.78 Å². The molecule has 0 aliphatic carbocycles. The second kappa shape index (κ2) is 4.66. The fourth-order valence-electron chi connectivity index (χ4n) is 1.78. The standard InChI is InChI=1S/C11H14N2OS/c14-11-7-10(15)8-13(11)6-3-9-1-4-12-5-2-9/h1-2,4-5,10,15H,3,6-8H2. The number of carbonyl (C=O) groups is 1. The van der Waals surface area contributed by atoms with Crippen molar-refractivity contribution >= 4 is 18.5 Å². The van der Waals surface area contributed by atoms with Gasteiger partial charge in [-0.25, -0.2) is 0 Å². The second-order valence-electron chi connectivity index (χ2n) is 3.80. The minimum Gasteiger partial charge on any atom is -0.341 e. The summed E-state index contributed by atoms with van der Waals surface area (Å²) in [5, 5.41) is 0.218. The first-order valence-corrected chi connectivity index (χ1v) is 5.62. The summed E-state index contributed by atoms with van der Waals surface area (Å²) in [5.74, 6) is 0.226. The maximum atomic E-state index is 11.5. The molecular weight excluding hydrogens is 208 g/mol. The highest BCUT2D eigenvalue weighted by molar-refractivity contribution is 7.81. The Morgan fingerprint density at radius 1 is 1.47 bits per heavy atom. The van der Waals surface area contributed by atoms with Crippen LogP contribution in [0.1, 0.15) is 12.0 Å². The Morgan fingerprint density at radius 2 is 2.20 bits per heavy atom. The summed E-state index contributed by atoms with van der Waals surface area (Å²) >= 11 is 4.32. The van der Waals surface area contributed by atoms with E-state index in [1.165, 1.54) is 5.56 Å². The van der Waals surface area contributed by atoms with E-state index in [2.05, 4.69) is 17.6 Å². The van der Waals surface area contributed by atoms with E-state index in [1.807, 2.05) is 17.0 Å². The van der Waals surface area contributed by atoms with Gasteiger partial charge >= 0.3 is 0 Å². The summed E-state index contributed by atoms with van der Waals surface area (Å²) in [6.07, 6.45) is 5.04. The zero-order valence-corrected chi connectivity index (χ0v) is 9.36. The zero-order valence-electron chi connectivity index (χ0n) is 8.47. The van der Waals surface area contributed by atoms with Crippen LogP contribution in [0.3, 0.4) is 0 Å². The van der Waals surface area contributed by atoms with Crippen LogP contribution in [0.4, 0.5) is 0 Å². The molecule has 2 heterocycles. The quantitative estimate of drug-likeness (QED) is 0.778. The van der Waals surface area contributed by atoms with E-state index in [-0.39, 0.29) is 11.2 Å². The number of hydrogen-bond donors (Lipinski definition) is 1. The van der Waals surface area contributed by atoms with Crippen molar-refractivity contribution in [2.75, 3.05) is 13.1 Å². The molecule has 0 saturated carbocycles. The first kappa shape index (κ1) is 10.5. The number of amides is 1. The maximum absolute atomic E-state index is 11.5. The van der Waals surface area contributed by atoms with Crippen molar-refractivity contribution < 1.29 is 4.79 Å². The van der Waals surface area contributed by atoms with E-state index in [4.69, 9.17) is 0 Å². The summed E-state index contributed by atoms with van der Waals surface area (Å²) in [6, 6.07) is 3.97. The van der Waals surface area contributed by atoms with Crippen LogP contribution in [-0.4, -0.2) is 34.1 Å². The van der Waals surface area contributed by atoms with E-state index in [0.717, 1.165) is 19.5 Å². The molecule has 0 N–H and O–H groups in total. The Bertz CT molecular complexity index is 342. The molecule has 1 aromatic heterocycles. The molecule has 0 spiro atoms. The number of carbonyl (C=O) groups excluding carboxylic acids is 1. The Hall–Kier alpha value is -1.03. The summed E-state index contributed by atoms with van der Waals surface area (Å²) in [5.41, 5.74) is 1.22. The van der Waals surface area contributed by atoms with Gasteiger partial charge in [-0.1, -0.05) is 0 Å². The van der Waals surface area contributed by atoms with E-state index in [0.29, 0.717) is 6.42 Å². The van der Waals surface area contributed by atoms with Crippen molar-refractivity contribution in [2.45, 2.75) is 18.1 Å². The van der Waals surface area contributed by atoms with Crippen LogP contribution in [0, 0.1) is 0 Å². The van der Waals surface area contributed by atoms with Gasteiger partial charge < -0.3 is 4.90 Å². The highest BCUT2D eigenvalue weighted by Crippen LogP contribution is 2.16. The molecule has 1 fully saturated rings. The smallest absolute Gasteiger partial charge is 0.223 e. The fourth-order valence-corrected chi connectivity index (χ4v) is 2.13. The number of likely N-dealkylation sites (tertiary alicyclic amines) is 1. The van der Waals surface area contributed by atoms with E-state index >= 15 is 0 Å². The summed E-state index contributed by atoms with van der Waals surface area (Å²) < 4.78 is 0. The summed E-state index contributed by atoms with van der Waals surface area (Å²) in [4.78, 5) is 17.3. The average Bonchev–Trinajstić information content (AvgIpc) is 2.56. The minimum absolute atomic E-state index is 0.218. The van der Waals surface area contributed by atoms with E-state index in [9.17, 15) is 4.79 Å². The third kappa shape index (κ3) is 2.72. The van der Waals surface area contributed by atoms with Gasteiger partial charge in [0.05, 0.1) is 0 Å². The minimum atomic E-state index is 0.218. The molecule has 1 aliphatic rings. The van der Waals surface area contributed by atoms with Gasteiger partial charge in [-0.05, 0) is 24.1 Å². The maximum Gasteiger partial charge on any atom is 0.223 e. The SMILES string of the molecule is O=C1CC(S)CN1CCc1ccncc1. The van der Waals surface area contributed by atoms with Crippen molar-refractivity contribution in [1.82, 2.24) is 9.88 Å². The molecule has 80 valence electrons. The molecule has 1 atom stereocenters. The normalized spacial score (nSPS) is 21.0. The number of nitrogens with zero attached hydrogens (tertiary/aromatic N) is 2. The average molecular weight is 222 g/mol. The van der Waals surface area contributed by atoms with Crippen LogP contribution < -0.4 is 0 Å². The van der Waals surface area contributed by atoms with Crippen molar-refractivity contribution in [2.24, 2.45) is 0 Å². The predicted molar refractivity (Wildman–Crippen MR) is 61.9 cm³/mol. The lowest BCUT2D eigenvalue weighted by molar-refractivity contribution is -0.127. The number of hydrogen-bond acceptors (Lipinski definition) is 3. The lowest BCUT2D eigenvalue weighted by Gasteiger charge is -2.15. The Balaban J connectivity index is 1.86.